The van der Waals surface area contributed by atoms with Crippen LogP contribution in [-0.4, -0.2) is 116 Å². The lowest BCUT2D eigenvalue weighted by Gasteiger charge is -2.60. The van der Waals surface area contributed by atoms with Crippen molar-refractivity contribution in [1.29, 1.82) is 0 Å². The molecule has 0 spiro atoms. The second kappa shape index (κ2) is 14.6. The van der Waals surface area contributed by atoms with E-state index in [0.29, 0.717) is 24.2 Å². The van der Waals surface area contributed by atoms with Gasteiger partial charge >= 0.3 is 5.97 Å². The van der Waals surface area contributed by atoms with Crippen LogP contribution in [0.5, 0.6) is 0 Å². The van der Waals surface area contributed by atoms with Crippen LogP contribution in [0.15, 0.2) is 11.6 Å². The number of piperidine rings is 1. The van der Waals surface area contributed by atoms with E-state index in [4.69, 9.17) is 4.74 Å². The number of aliphatic carboxylic acids is 1. The summed E-state index contributed by atoms with van der Waals surface area (Å²) in [5, 5.41) is 15.3. The van der Waals surface area contributed by atoms with Crippen LogP contribution in [0.3, 0.4) is 0 Å². The van der Waals surface area contributed by atoms with Crippen molar-refractivity contribution in [3.63, 3.8) is 0 Å². The third-order valence-corrected chi connectivity index (χ3v) is 15.5. The molecule has 4 aliphatic carbocycles. The van der Waals surface area contributed by atoms with Crippen molar-refractivity contribution in [2.24, 2.45) is 51.8 Å². The summed E-state index contributed by atoms with van der Waals surface area (Å²) in [5.41, 5.74) is -1.47. The highest BCUT2D eigenvalue weighted by molar-refractivity contribution is 5.90. The van der Waals surface area contributed by atoms with Crippen LogP contribution in [0.4, 0.5) is 0 Å². The van der Waals surface area contributed by atoms with E-state index in [1.165, 1.54) is 65.0 Å². The number of aldehydes is 1. The van der Waals surface area contributed by atoms with E-state index in [-0.39, 0.29) is 30.0 Å². The Hall–Kier alpha value is -1.32. The summed E-state index contributed by atoms with van der Waals surface area (Å²) in [6, 6.07) is 0. The van der Waals surface area contributed by atoms with Crippen LogP contribution >= 0.6 is 0 Å². The highest BCUT2D eigenvalue weighted by Gasteiger charge is 2.86. The number of carboxylic acid groups (broad SMARTS) is 1. The normalized spacial score (nSPS) is 42.6. The minimum Gasteiger partial charge on any atom is -0.481 e. The van der Waals surface area contributed by atoms with Crippen molar-refractivity contribution in [2.45, 2.75) is 111 Å². The number of nitrogens with zero attached hydrogens (tertiary/aromatic N) is 3. The summed E-state index contributed by atoms with van der Waals surface area (Å²) >= 11 is 0. The predicted molar refractivity (Wildman–Crippen MR) is 194 cm³/mol. The lowest BCUT2D eigenvalue weighted by molar-refractivity contribution is -0.197. The molecule has 7 aliphatic rings. The van der Waals surface area contributed by atoms with Crippen molar-refractivity contribution >= 4 is 12.3 Å². The number of allylic oxidation sites excluding steroid dienone is 1. The third kappa shape index (κ3) is 5.81. The van der Waals surface area contributed by atoms with Gasteiger partial charge in [-0.05, 0) is 93.5 Å². The van der Waals surface area contributed by atoms with E-state index < -0.39 is 22.2 Å². The molecule has 8 nitrogen and oxygen atoms in total. The average molecular weight is 681 g/mol. The first-order valence-corrected chi connectivity index (χ1v) is 20.7. The van der Waals surface area contributed by atoms with Crippen molar-refractivity contribution in [1.82, 2.24) is 20.0 Å². The first-order chi connectivity index (χ1) is 23.7. The molecule has 276 valence electrons. The quantitative estimate of drug-likeness (QED) is 0.132. The molecule has 0 amide bonds. The number of nitrogens with one attached hydrogen (secondary N) is 1. The number of hydrogen-bond donors (Lipinski definition) is 2. The molecule has 2 N–H and O–H groups in total. The maximum Gasteiger partial charge on any atom is 0.315 e. The van der Waals surface area contributed by atoms with Crippen molar-refractivity contribution in [3.05, 3.63) is 11.6 Å². The van der Waals surface area contributed by atoms with Crippen LogP contribution in [0.2, 0.25) is 0 Å². The molecule has 6 fully saturated rings. The van der Waals surface area contributed by atoms with Crippen molar-refractivity contribution < 1.29 is 19.4 Å². The fraction of sp³-hybridized carbons (Fsp3) is 0.902. The first-order valence-electron chi connectivity index (χ1n) is 20.7. The molecule has 0 aromatic heterocycles. The summed E-state index contributed by atoms with van der Waals surface area (Å²) in [5.74, 6) is 0.979. The van der Waals surface area contributed by atoms with Gasteiger partial charge in [-0.1, -0.05) is 65.0 Å². The zero-order valence-corrected chi connectivity index (χ0v) is 31.3. The van der Waals surface area contributed by atoms with Gasteiger partial charge in [0, 0.05) is 64.3 Å². The Morgan fingerprint density at radius 3 is 2.37 bits per heavy atom. The molecule has 7 rings (SSSR count). The highest BCUT2D eigenvalue weighted by atomic mass is 16.5. The number of carboxylic acids is 1. The zero-order valence-electron chi connectivity index (χ0n) is 31.3. The maximum absolute atomic E-state index is 14.1. The molecule has 3 saturated carbocycles. The Morgan fingerprint density at radius 1 is 1.02 bits per heavy atom. The van der Waals surface area contributed by atoms with Gasteiger partial charge in [-0.2, -0.15) is 0 Å². The Morgan fingerprint density at radius 2 is 1.71 bits per heavy atom. The second-order valence-electron chi connectivity index (χ2n) is 18.0. The Bertz CT molecular complexity index is 1210. The molecule has 0 radical (unpaired) electrons. The molecule has 8 heteroatoms. The van der Waals surface area contributed by atoms with Gasteiger partial charge in [-0.25, -0.2) is 0 Å². The Balaban J connectivity index is 1.02. The van der Waals surface area contributed by atoms with E-state index in [2.05, 4.69) is 53.8 Å². The SMILES string of the molecule is CCCCC1CC(C23C[C@@H]4[C@H](C)CC[C@H]4C4(C=O)CC2C=C(C(C)C)[C@@]34C(=O)O)OC1CNCCN1CCN(CCN2CCCCC2)CC1. The standard InChI is InChI=1S/C41H68N4O4/c1-5-6-10-31-23-37(49-36(31)27-42-13-16-44-18-21-45(22-19-44)20-17-43-14-8-7-9-15-43)40-26-33-30(4)11-12-34(33)39(28-46)25-32(40)24-35(29(2)3)41(39,40)38(47)48/h24,28-34,36-37,42H,5-23,25-27H2,1-4H3,(H,47,48)/t30-,31?,32?,33-,34-,36?,37?,39?,40?,41+/m1/s1. The molecule has 3 aliphatic heterocycles. The van der Waals surface area contributed by atoms with E-state index in [9.17, 15) is 14.7 Å². The first kappa shape index (κ1) is 36.1. The summed E-state index contributed by atoms with van der Waals surface area (Å²) in [6.07, 6.45) is 15.7. The molecule has 0 aromatic rings. The van der Waals surface area contributed by atoms with Gasteiger partial charge in [0.25, 0.3) is 0 Å². The molecule has 3 saturated heterocycles. The second-order valence-corrected chi connectivity index (χ2v) is 18.0. The highest BCUT2D eigenvalue weighted by Crippen LogP contribution is 2.84. The number of fused-ring (bicyclic) bond motifs is 2. The van der Waals surface area contributed by atoms with E-state index in [1.807, 2.05) is 0 Å². The van der Waals surface area contributed by atoms with Gasteiger partial charge in [0.05, 0.1) is 17.6 Å². The van der Waals surface area contributed by atoms with Gasteiger partial charge in [0.2, 0.25) is 0 Å². The average Bonchev–Trinajstić information content (AvgIpc) is 3.82. The largest absolute Gasteiger partial charge is 0.481 e. The smallest absolute Gasteiger partial charge is 0.315 e. The Labute approximate surface area is 297 Å². The topological polar surface area (TPSA) is 85.3 Å². The van der Waals surface area contributed by atoms with E-state index in [0.717, 1.165) is 83.1 Å². The summed E-state index contributed by atoms with van der Waals surface area (Å²) < 4.78 is 7.27. The van der Waals surface area contributed by atoms with Crippen molar-refractivity contribution in [2.75, 3.05) is 72.0 Å². The Kier molecular flexibility index (Phi) is 10.7. The molecule has 3 heterocycles. The molecule has 10 atom stereocenters. The number of ether oxygens (including phenoxy) is 1. The van der Waals surface area contributed by atoms with Gasteiger partial charge in [-0.3, -0.25) is 14.6 Å². The molecular formula is C41H68N4O4. The lowest BCUT2D eigenvalue weighted by Crippen LogP contribution is -2.65. The molecule has 0 aromatic carbocycles. The fourth-order valence-corrected chi connectivity index (χ4v) is 13.2. The molecule has 4 bridgehead atoms. The number of rotatable bonds is 15. The predicted octanol–water partition coefficient (Wildman–Crippen LogP) is 5.57. The van der Waals surface area contributed by atoms with Gasteiger partial charge in [0.1, 0.15) is 11.7 Å². The van der Waals surface area contributed by atoms with Gasteiger partial charge in [0.15, 0.2) is 0 Å². The van der Waals surface area contributed by atoms with Crippen LogP contribution in [0.25, 0.3) is 0 Å². The molecule has 6 unspecified atom stereocenters. The minimum absolute atomic E-state index is 0.0928. The number of carbonyl (C=O) groups is 2. The number of unbranched alkanes of at least 4 members (excludes halogenated alkanes) is 1. The fourth-order valence-electron chi connectivity index (χ4n) is 13.2. The van der Waals surface area contributed by atoms with Crippen LogP contribution < -0.4 is 5.32 Å². The monoisotopic (exact) mass is 681 g/mol. The van der Waals surface area contributed by atoms with E-state index in [1.54, 1.807) is 0 Å². The zero-order chi connectivity index (χ0) is 34.4. The molecule has 49 heavy (non-hydrogen) atoms. The number of hydrogen-bond acceptors (Lipinski definition) is 7. The minimum atomic E-state index is -1.15. The summed E-state index contributed by atoms with van der Waals surface area (Å²) in [6.45, 7) is 21.4. The van der Waals surface area contributed by atoms with E-state index >= 15 is 0 Å². The number of carbonyl (C=O) groups excluding carboxylic acids is 1. The van der Waals surface area contributed by atoms with Crippen LogP contribution in [-0.2, 0) is 14.3 Å². The summed E-state index contributed by atoms with van der Waals surface area (Å²) in [4.78, 5) is 35.5. The number of piperazine rings is 1. The lowest BCUT2D eigenvalue weighted by atomic mass is 9.41. The molecular weight excluding hydrogens is 612 g/mol. The van der Waals surface area contributed by atoms with Crippen LogP contribution in [0.1, 0.15) is 98.3 Å². The van der Waals surface area contributed by atoms with Gasteiger partial charge < -0.3 is 24.9 Å². The summed E-state index contributed by atoms with van der Waals surface area (Å²) in [7, 11) is 0. The van der Waals surface area contributed by atoms with Crippen LogP contribution in [0, 0.1) is 51.8 Å². The third-order valence-electron chi connectivity index (χ3n) is 15.5. The number of likely N-dealkylation sites (tertiary alicyclic amines) is 1. The van der Waals surface area contributed by atoms with Gasteiger partial charge in [-0.15, -0.1) is 0 Å². The van der Waals surface area contributed by atoms with Crippen molar-refractivity contribution in [3.8, 4) is 0 Å². The maximum atomic E-state index is 14.1.